The van der Waals surface area contributed by atoms with E-state index < -0.39 is 0 Å². The molecule has 0 radical (unpaired) electrons. The van der Waals surface area contributed by atoms with Crippen molar-refractivity contribution in [1.82, 2.24) is 14.8 Å². The van der Waals surface area contributed by atoms with E-state index in [0.717, 1.165) is 23.0 Å². The van der Waals surface area contributed by atoms with Crippen LogP contribution in [0.1, 0.15) is 13.8 Å². The first-order chi connectivity index (χ1) is 7.66. The second-order valence-electron chi connectivity index (χ2n) is 4.21. The molecule has 0 aliphatic heterocycles. The largest absolute Gasteiger partial charge is 0.313 e. The lowest BCUT2D eigenvalue weighted by Gasteiger charge is -2.09. The van der Waals surface area contributed by atoms with Gasteiger partial charge in [0.15, 0.2) is 5.82 Å². The first-order valence-electron chi connectivity index (χ1n) is 5.30. The second kappa shape index (κ2) is 4.66. The molecule has 0 saturated carbocycles. The minimum Gasteiger partial charge on any atom is -0.313 e. The number of aromatic nitrogens is 3. The highest BCUT2D eigenvalue weighted by Gasteiger charge is 2.08. The van der Waals surface area contributed by atoms with Crippen molar-refractivity contribution in [2.24, 2.45) is 5.92 Å². The van der Waals surface area contributed by atoms with Crippen LogP contribution < -0.4 is 0 Å². The maximum Gasteiger partial charge on any atom is 0.163 e. The van der Waals surface area contributed by atoms with Gasteiger partial charge in [-0.15, -0.1) is 10.2 Å². The summed E-state index contributed by atoms with van der Waals surface area (Å²) in [5.41, 5.74) is 1.01. The Labute approximate surface area is 100 Å². The Hall–Kier alpha value is -1.35. The summed E-state index contributed by atoms with van der Waals surface area (Å²) >= 11 is 5.96. The molecule has 2 aromatic rings. The molecule has 0 amide bonds. The van der Waals surface area contributed by atoms with Crippen LogP contribution >= 0.6 is 11.6 Å². The first-order valence-corrected chi connectivity index (χ1v) is 5.68. The van der Waals surface area contributed by atoms with Crippen molar-refractivity contribution in [2.45, 2.75) is 20.4 Å². The van der Waals surface area contributed by atoms with Gasteiger partial charge in [-0.2, -0.15) is 0 Å². The van der Waals surface area contributed by atoms with Gasteiger partial charge in [0.1, 0.15) is 6.33 Å². The Morgan fingerprint density at radius 3 is 2.88 bits per heavy atom. The third-order valence-corrected chi connectivity index (χ3v) is 2.50. The lowest BCUT2D eigenvalue weighted by molar-refractivity contribution is 0.525. The van der Waals surface area contributed by atoms with Crippen molar-refractivity contribution in [2.75, 3.05) is 0 Å². The van der Waals surface area contributed by atoms with E-state index in [1.807, 2.05) is 24.3 Å². The quantitative estimate of drug-likeness (QED) is 0.818. The maximum atomic E-state index is 5.96. The zero-order valence-electron chi connectivity index (χ0n) is 9.39. The van der Waals surface area contributed by atoms with E-state index >= 15 is 0 Å². The van der Waals surface area contributed by atoms with Gasteiger partial charge in [0.05, 0.1) is 0 Å². The van der Waals surface area contributed by atoms with E-state index in [1.165, 1.54) is 0 Å². The number of hydrogen-bond donors (Lipinski definition) is 0. The predicted molar refractivity (Wildman–Crippen MR) is 65.3 cm³/mol. The molecule has 0 saturated heterocycles. The van der Waals surface area contributed by atoms with E-state index in [4.69, 9.17) is 11.6 Å². The van der Waals surface area contributed by atoms with Gasteiger partial charge in [-0.3, -0.25) is 0 Å². The van der Waals surface area contributed by atoms with Gasteiger partial charge in [0.25, 0.3) is 0 Å². The van der Waals surface area contributed by atoms with Crippen LogP contribution in [0.5, 0.6) is 0 Å². The summed E-state index contributed by atoms with van der Waals surface area (Å²) in [7, 11) is 0. The van der Waals surface area contributed by atoms with E-state index in [-0.39, 0.29) is 0 Å². The average molecular weight is 236 g/mol. The molecular formula is C12H14ClN3. The van der Waals surface area contributed by atoms with Crippen LogP contribution in [0.3, 0.4) is 0 Å². The Kier molecular flexibility index (Phi) is 3.25. The lowest BCUT2D eigenvalue weighted by atomic mass is 10.2. The van der Waals surface area contributed by atoms with Gasteiger partial charge in [-0.05, 0) is 18.1 Å². The lowest BCUT2D eigenvalue weighted by Crippen LogP contribution is -2.05. The summed E-state index contributed by atoms with van der Waals surface area (Å²) in [6.07, 6.45) is 1.76. The van der Waals surface area contributed by atoms with E-state index in [0.29, 0.717) is 5.92 Å². The van der Waals surface area contributed by atoms with Gasteiger partial charge < -0.3 is 4.57 Å². The molecule has 0 unspecified atom stereocenters. The van der Waals surface area contributed by atoms with Crippen molar-refractivity contribution in [3.8, 4) is 11.4 Å². The van der Waals surface area contributed by atoms with Crippen LogP contribution in [0.2, 0.25) is 5.02 Å². The van der Waals surface area contributed by atoms with Crippen LogP contribution in [0.4, 0.5) is 0 Å². The van der Waals surface area contributed by atoms with Crippen LogP contribution in [0, 0.1) is 5.92 Å². The fraction of sp³-hybridized carbons (Fsp3) is 0.333. The second-order valence-corrected chi connectivity index (χ2v) is 4.65. The smallest absolute Gasteiger partial charge is 0.163 e. The number of rotatable bonds is 3. The van der Waals surface area contributed by atoms with Crippen LogP contribution in [0.25, 0.3) is 11.4 Å². The fourth-order valence-corrected chi connectivity index (χ4v) is 1.82. The molecule has 0 aliphatic carbocycles. The summed E-state index contributed by atoms with van der Waals surface area (Å²) in [5.74, 6) is 1.44. The van der Waals surface area contributed by atoms with Gasteiger partial charge in [0, 0.05) is 17.1 Å². The molecule has 0 N–H and O–H groups in total. The average Bonchev–Trinajstić information content (AvgIpc) is 2.65. The standard InChI is InChI=1S/C12H14ClN3/c1-9(2)7-16-8-14-15-12(16)10-4-3-5-11(13)6-10/h3-6,8-9H,7H2,1-2H3. The number of benzene rings is 1. The summed E-state index contributed by atoms with van der Waals surface area (Å²) in [6, 6.07) is 7.68. The first kappa shape index (κ1) is 11.1. The van der Waals surface area contributed by atoms with E-state index in [9.17, 15) is 0 Å². The van der Waals surface area contributed by atoms with Crippen molar-refractivity contribution in [1.29, 1.82) is 0 Å². The Balaban J connectivity index is 2.37. The zero-order valence-corrected chi connectivity index (χ0v) is 10.1. The van der Waals surface area contributed by atoms with E-state index in [2.05, 4.69) is 28.6 Å². The highest BCUT2D eigenvalue weighted by Crippen LogP contribution is 2.21. The summed E-state index contributed by atoms with van der Waals surface area (Å²) < 4.78 is 2.05. The maximum absolute atomic E-state index is 5.96. The van der Waals surface area contributed by atoms with Gasteiger partial charge >= 0.3 is 0 Å². The fourth-order valence-electron chi connectivity index (χ4n) is 1.63. The molecule has 1 heterocycles. The Bertz CT molecular complexity index is 477. The molecule has 1 aromatic heterocycles. The molecule has 0 spiro atoms. The Morgan fingerprint density at radius 1 is 1.38 bits per heavy atom. The minimum absolute atomic E-state index is 0.564. The number of hydrogen-bond acceptors (Lipinski definition) is 2. The Morgan fingerprint density at radius 2 is 2.19 bits per heavy atom. The molecule has 4 heteroatoms. The molecular weight excluding hydrogens is 222 g/mol. The highest BCUT2D eigenvalue weighted by atomic mass is 35.5. The SMILES string of the molecule is CC(C)Cn1cnnc1-c1cccc(Cl)c1. The molecule has 0 bridgehead atoms. The van der Waals surface area contributed by atoms with Crippen molar-refractivity contribution < 1.29 is 0 Å². The van der Waals surface area contributed by atoms with Gasteiger partial charge in [0.2, 0.25) is 0 Å². The summed E-state index contributed by atoms with van der Waals surface area (Å²) in [6.45, 7) is 5.25. The minimum atomic E-state index is 0.564. The summed E-state index contributed by atoms with van der Waals surface area (Å²) in [4.78, 5) is 0. The van der Waals surface area contributed by atoms with Gasteiger partial charge in [-0.1, -0.05) is 37.6 Å². The van der Waals surface area contributed by atoms with Crippen LogP contribution in [-0.4, -0.2) is 14.8 Å². The molecule has 16 heavy (non-hydrogen) atoms. The zero-order chi connectivity index (χ0) is 11.5. The summed E-state index contributed by atoms with van der Waals surface area (Å²) in [5, 5.41) is 8.81. The molecule has 1 aromatic carbocycles. The topological polar surface area (TPSA) is 30.7 Å². The molecule has 0 atom stereocenters. The number of halogens is 1. The van der Waals surface area contributed by atoms with Gasteiger partial charge in [-0.25, -0.2) is 0 Å². The van der Waals surface area contributed by atoms with E-state index in [1.54, 1.807) is 6.33 Å². The molecule has 0 fully saturated rings. The normalized spacial score (nSPS) is 11.0. The van der Waals surface area contributed by atoms with Crippen LogP contribution in [0.15, 0.2) is 30.6 Å². The van der Waals surface area contributed by atoms with Crippen molar-refractivity contribution >= 4 is 11.6 Å². The monoisotopic (exact) mass is 235 g/mol. The molecule has 0 aliphatic rings. The number of nitrogens with zero attached hydrogens (tertiary/aromatic N) is 3. The van der Waals surface area contributed by atoms with Crippen molar-refractivity contribution in [3.05, 3.63) is 35.6 Å². The van der Waals surface area contributed by atoms with Crippen LogP contribution in [-0.2, 0) is 6.54 Å². The van der Waals surface area contributed by atoms with Crippen molar-refractivity contribution in [3.63, 3.8) is 0 Å². The molecule has 84 valence electrons. The highest BCUT2D eigenvalue weighted by molar-refractivity contribution is 6.30. The third-order valence-electron chi connectivity index (χ3n) is 2.26. The predicted octanol–water partition coefficient (Wildman–Crippen LogP) is 3.25. The third kappa shape index (κ3) is 2.42. The molecule has 3 nitrogen and oxygen atoms in total. The molecule has 2 rings (SSSR count).